The van der Waals surface area contributed by atoms with E-state index in [4.69, 9.17) is 5.11 Å². The molecule has 0 spiro atoms. The maximum atomic E-state index is 14.5. The van der Waals surface area contributed by atoms with Crippen molar-refractivity contribution in [3.05, 3.63) is 12.2 Å². The maximum absolute atomic E-state index is 14.5. The molecule has 39 heavy (non-hydrogen) atoms. The second-order valence-corrected chi connectivity index (χ2v) is 9.20. The molecule has 0 aromatic carbocycles. The Bertz CT molecular complexity index is 993. The smallest absolute Gasteiger partial charge is 0.460 e. The van der Waals surface area contributed by atoms with Crippen molar-refractivity contribution in [1.29, 1.82) is 0 Å². The van der Waals surface area contributed by atoms with E-state index in [1.165, 1.54) is 0 Å². The van der Waals surface area contributed by atoms with E-state index in [9.17, 15) is 83.5 Å². The Morgan fingerprint density at radius 3 is 1.28 bits per heavy atom. The fourth-order valence-corrected chi connectivity index (χ4v) is 2.98. The third-order valence-corrected chi connectivity index (χ3v) is 5.89. The largest absolute Gasteiger partial charge is 0.478 e. The van der Waals surface area contributed by atoms with Crippen LogP contribution in [0.1, 0.15) is 39.5 Å². The van der Waals surface area contributed by atoms with E-state index in [1.54, 1.807) is 6.92 Å². The molecule has 0 aliphatic carbocycles. The Morgan fingerprint density at radius 2 is 1.05 bits per heavy atom. The Hall–Kier alpha value is -2.00. The molecule has 0 radical (unpaired) electrons. The van der Waals surface area contributed by atoms with Crippen LogP contribution in [0.3, 0.4) is 0 Å². The number of rotatable bonds is 12. The van der Waals surface area contributed by atoms with Gasteiger partial charge in [-0.15, -0.1) is 0 Å². The van der Waals surface area contributed by atoms with Crippen molar-refractivity contribution in [2.45, 2.75) is 86.2 Å². The van der Waals surface area contributed by atoms with Crippen LogP contribution in [0.5, 0.6) is 0 Å². The Labute approximate surface area is 209 Å². The molecule has 0 aromatic heterocycles. The number of carboxylic acids is 1. The molecule has 0 saturated heterocycles. The number of alkyl halides is 16. The van der Waals surface area contributed by atoms with Crippen LogP contribution < -0.4 is 5.14 Å². The number of halogens is 16. The van der Waals surface area contributed by atoms with Gasteiger partial charge in [0.2, 0.25) is 0 Å². The number of primary sulfonamides is 1. The number of sulfonamides is 1. The lowest BCUT2D eigenvalue weighted by molar-refractivity contribution is -0.451. The van der Waals surface area contributed by atoms with Crippen molar-refractivity contribution in [3.8, 4) is 0 Å². The number of carboxylic acid groups (broad SMARTS) is 1. The monoisotopic (exact) mass is 637 g/mol. The third kappa shape index (κ3) is 6.34. The van der Waals surface area contributed by atoms with Gasteiger partial charge in [0.25, 0.3) is 15.7 Å². The highest BCUT2D eigenvalue weighted by Gasteiger charge is 2.95. The highest BCUT2D eigenvalue weighted by atomic mass is 32.2. The van der Waals surface area contributed by atoms with E-state index in [0.717, 1.165) is 6.92 Å². The van der Waals surface area contributed by atoms with Crippen molar-refractivity contribution in [2.24, 2.45) is 5.14 Å². The second kappa shape index (κ2) is 11.5. The standard InChI is InChI=1S/C12H11F16NO2S.C5H8O2/c1-2-3-4-5(13,12(27,28)32(29,30)31)6(14,15)7(16,17)8(18,19)9(20,21)10(22,23)11(24,25)26;1-3-4(2)5(6)7/h2-4H2,1H3,(H2,29,30,31);2-3H2,1H3,(H,6,7). The minimum absolute atomic E-state index is 0.264. The molecule has 234 valence electrons. The van der Waals surface area contributed by atoms with Gasteiger partial charge in [-0.1, -0.05) is 33.3 Å². The minimum Gasteiger partial charge on any atom is -0.478 e. The zero-order chi connectivity index (χ0) is 32.5. The van der Waals surface area contributed by atoms with Crippen LogP contribution in [-0.4, -0.2) is 66.2 Å². The fraction of sp³-hybridized carbons (Fsp3) is 0.824. The highest BCUT2D eigenvalue weighted by Crippen LogP contribution is 2.64. The van der Waals surface area contributed by atoms with E-state index in [2.05, 4.69) is 11.7 Å². The van der Waals surface area contributed by atoms with E-state index >= 15 is 0 Å². The predicted octanol–water partition coefficient (Wildman–Crippen LogP) is 6.54. The number of aliphatic carboxylic acids is 1. The minimum atomic E-state index is -8.58. The van der Waals surface area contributed by atoms with E-state index in [1.807, 2.05) is 0 Å². The lowest BCUT2D eigenvalue weighted by atomic mass is 9.82. The van der Waals surface area contributed by atoms with Crippen LogP contribution in [0.4, 0.5) is 70.2 Å². The number of unbranched alkanes of at least 4 members (excludes halogenated alkanes) is 1. The first kappa shape index (κ1) is 39.1. The molecule has 0 bridgehead atoms. The molecule has 0 amide bonds. The van der Waals surface area contributed by atoms with Gasteiger partial charge in [0.1, 0.15) is 0 Å². The molecule has 22 heteroatoms. The highest BCUT2D eigenvalue weighted by molar-refractivity contribution is 7.90. The average molecular weight is 637 g/mol. The lowest BCUT2D eigenvalue weighted by Gasteiger charge is -2.45. The lowest BCUT2D eigenvalue weighted by Crippen LogP contribution is -2.76. The topological polar surface area (TPSA) is 97.5 Å². The van der Waals surface area contributed by atoms with E-state index in [0.29, 0.717) is 6.42 Å². The number of hydrogen-bond donors (Lipinski definition) is 2. The molecule has 0 fully saturated rings. The molecule has 0 aliphatic heterocycles. The molecule has 1 atom stereocenters. The van der Waals surface area contributed by atoms with Gasteiger partial charge in [-0.2, -0.15) is 65.9 Å². The zero-order valence-corrected chi connectivity index (χ0v) is 20.1. The Morgan fingerprint density at radius 1 is 0.718 bits per heavy atom. The molecular formula is C17H19F16NO4S. The van der Waals surface area contributed by atoms with Crippen molar-refractivity contribution in [1.82, 2.24) is 0 Å². The first-order chi connectivity index (χ1) is 16.7. The molecule has 3 N–H and O–H groups in total. The van der Waals surface area contributed by atoms with Crippen LogP contribution in [0.15, 0.2) is 12.2 Å². The van der Waals surface area contributed by atoms with Crippen molar-refractivity contribution < 1.29 is 88.6 Å². The van der Waals surface area contributed by atoms with Gasteiger partial charge in [0.05, 0.1) is 0 Å². The summed E-state index contributed by atoms with van der Waals surface area (Å²) in [5.41, 5.74) is -6.51. The zero-order valence-electron chi connectivity index (χ0n) is 19.2. The maximum Gasteiger partial charge on any atom is 0.460 e. The molecular weight excluding hydrogens is 618 g/mol. The normalized spacial score (nSPS) is 16.2. The summed E-state index contributed by atoms with van der Waals surface area (Å²) in [7, 11) is -7.05. The van der Waals surface area contributed by atoms with Gasteiger partial charge in [0, 0.05) is 5.57 Å². The third-order valence-electron chi connectivity index (χ3n) is 4.85. The summed E-state index contributed by atoms with van der Waals surface area (Å²) >= 11 is 0. The fourth-order valence-electron chi connectivity index (χ4n) is 2.30. The first-order valence-corrected chi connectivity index (χ1v) is 11.2. The number of nitrogens with two attached hydrogens (primary N) is 1. The summed E-state index contributed by atoms with van der Waals surface area (Å²) in [4.78, 5) is 9.83. The van der Waals surface area contributed by atoms with Gasteiger partial charge in [-0.05, 0) is 12.8 Å². The van der Waals surface area contributed by atoms with Gasteiger partial charge in [-0.25, -0.2) is 22.7 Å². The Balaban J connectivity index is 0. The second-order valence-electron chi connectivity index (χ2n) is 7.60. The van der Waals surface area contributed by atoms with Crippen LogP contribution >= 0.6 is 0 Å². The average Bonchev–Trinajstić information content (AvgIpc) is 2.74. The first-order valence-electron chi connectivity index (χ1n) is 9.70. The van der Waals surface area contributed by atoms with Crippen molar-refractivity contribution >= 4 is 16.0 Å². The van der Waals surface area contributed by atoms with Gasteiger partial charge in [-0.3, -0.25) is 0 Å². The molecule has 0 saturated carbocycles. The summed E-state index contributed by atoms with van der Waals surface area (Å²) in [5, 5.41) is 4.87. The van der Waals surface area contributed by atoms with Crippen LogP contribution in [-0.2, 0) is 14.8 Å². The molecule has 1 unspecified atom stereocenters. The molecule has 5 nitrogen and oxygen atoms in total. The van der Waals surface area contributed by atoms with Gasteiger partial charge >= 0.3 is 47.0 Å². The van der Waals surface area contributed by atoms with Gasteiger partial charge < -0.3 is 5.11 Å². The molecule has 0 heterocycles. The molecule has 0 aliphatic rings. The van der Waals surface area contributed by atoms with Crippen molar-refractivity contribution in [3.63, 3.8) is 0 Å². The van der Waals surface area contributed by atoms with E-state index < -0.39 is 82.0 Å². The predicted molar refractivity (Wildman–Crippen MR) is 99.3 cm³/mol. The summed E-state index contributed by atoms with van der Waals surface area (Å²) in [6, 6.07) is 0. The van der Waals surface area contributed by atoms with Gasteiger partial charge in [0.15, 0.2) is 0 Å². The summed E-state index contributed by atoms with van der Waals surface area (Å²) < 4.78 is 234. The van der Waals surface area contributed by atoms with E-state index in [-0.39, 0.29) is 5.57 Å². The quantitative estimate of drug-likeness (QED) is 0.188. The molecule has 0 aromatic rings. The number of hydrogen-bond acceptors (Lipinski definition) is 3. The van der Waals surface area contributed by atoms with Crippen LogP contribution in [0.25, 0.3) is 0 Å². The summed E-state index contributed by atoms with van der Waals surface area (Å²) in [5.74, 6) is -42.6. The summed E-state index contributed by atoms with van der Waals surface area (Å²) in [6.45, 7) is 5.87. The van der Waals surface area contributed by atoms with Crippen molar-refractivity contribution in [2.75, 3.05) is 0 Å². The summed E-state index contributed by atoms with van der Waals surface area (Å²) in [6.07, 6.45) is -12.2. The van der Waals surface area contributed by atoms with Crippen LogP contribution in [0, 0.1) is 0 Å². The number of carbonyl (C=O) groups is 1. The SMILES string of the molecule is C=C(CC)C(=O)O.CCCCC(F)(C(F)(F)C(F)(F)C(F)(F)C(F)(F)C(F)(F)C(F)(F)F)C(F)(F)S(N)(=O)=O. The Kier molecular flexibility index (Phi) is 11.5. The molecule has 0 rings (SSSR count). The van der Waals surface area contributed by atoms with Crippen LogP contribution in [0.2, 0.25) is 0 Å².